The van der Waals surface area contributed by atoms with E-state index in [9.17, 15) is 9.59 Å². The molecule has 0 aliphatic carbocycles. The maximum absolute atomic E-state index is 14.3. The summed E-state index contributed by atoms with van der Waals surface area (Å²) in [4.78, 5) is 30.8. The SMILES string of the molecule is Cc1ccc(C(=O)N2CC(C)(C)SC23C(=O)N(Cc2ccccc2)c2ccc(C)cc23)cc1. The molecule has 5 rings (SSSR count). The smallest absolute Gasteiger partial charge is 0.268 e. The van der Waals surface area contributed by atoms with Crippen LogP contribution >= 0.6 is 11.8 Å². The fourth-order valence-electron chi connectivity index (χ4n) is 4.89. The largest absolute Gasteiger partial charge is 0.310 e. The summed E-state index contributed by atoms with van der Waals surface area (Å²) in [6.07, 6.45) is 0. The van der Waals surface area contributed by atoms with Crippen LogP contribution in [0.15, 0.2) is 72.8 Å². The first kappa shape index (κ1) is 21.8. The molecule has 4 nitrogen and oxygen atoms in total. The zero-order valence-electron chi connectivity index (χ0n) is 19.5. The van der Waals surface area contributed by atoms with Gasteiger partial charge < -0.3 is 9.80 Å². The molecule has 5 heteroatoms. The molecule has 0 saturated carbocycles. The Morgan fingerprint density at radius 1 is 0.939 bits per heavy atom. The Morgan fingerprint density at radius 2 is 1.61 bits per heavy atom. The summed E-state index contributed by atoms with van der Waals surface area (Å²) in [5, 5.41) is 0. The Kier molecular flexibility index (Phi) is 5.13. The number of hydrogen-bond donors (Lipinski definition) is 0. The molecular formula is C28H28N2O2S. The molecule has 0 radical (unpaired) electrons. The fraction of sp³-hybridized carbons (Fsp3) is 0.286. The van der Waals surface area contributed by atoms with E-state index < -0.39 is 4.87 Å². The molecule has 1 spiro atoms. The zero-order valence-corrected chi connectivity index (χ0v) is 20.3. The molecule has 0 N–H and O–H groups in total. The predicted octanol–water partition coefficient (Wildman–Crippen LogP) is 5.67. The Bertz CT molecular complexity index is 1240. The van der Waals surface area contributed by atoms with Crippen LogP contribution in [-0.4, -0.2) is 28.0 Å². The summed E-state index contributed by atoms with van der Waals surface area (Å²) in [7, 11) is 0. The van der Waals surface area contributed by atoms with Crippen molar-refractivity contribution in [3.63, 3.8) is 0 Å². The van der Waals surface area contributed by atoms with Gasteiger partial charge in [-0.2, -0.15) is 0 Å². The quantitative estimate of drug-likeness (QED) is 0.510. The third-order valence-corrected chi connectivity index (χ3v) is 8.01. The average molecular weight is 457 g/mol. The van der Waals surface area contributed by atoms with Crippen molar-refractivity contribution in [3.05, 3.63) is 101 Å². The van der Waals surface area contributed by atoms with E-state index in [-0.39, 0.29) is 16.6 Å². The van der Waals surface area contributed by atoms with E-state index in [1.807, 2.05) is 90.4 Å². The van der Waals surface area contributed by atoms with Crippen molar-refractivity contribution in [3.8, 4) is 0 Å². The van der Waals surface area contributed by atoms with Crippen molar-refractivity contribution in [2.75, 3.05) is 11.4 Å². The van der Waals surface area contributed by atoms with E-state index in [4.69, 9.17) is 0 Å². The number of amides is 2. The predicted molar refractivity (Wildman–Crippen MR) is 134 cm³/mol. The molecule has 2 aliphatic heterocycles. The molecule has 33 heavy (non-hydrogen) atoms. The molecule has 0 bridgehead atoms. The van der Waals surface area contributed by atoms with Gasteiger partial charge >= 0.3 is 0 Å². The van der Waals surface area contributed by atoms with Crippen LogP contribution in [0.5, 0.6) is 0 Å². The highest BCUT2D eigenvalue weighted by molar-refractivity contribution is 8.02. The van der Waals surface area contributed by atoms with Gasteiger partial charge in [-0.15, -0.1) is 11.8 Å². The highest BCUT2D eigenvalue weighted by Crippen LogP contribution is 2.60. The number of carbonyl (C=O) groups is 2. The summed E-state index contributed by atoms with van der Waals surface area (Å²) < 4.78 is -0.264. The van der Waals surface area contributed by atoms with Gasteiger partial charge in [0.1, 0.15) is 0 Å². The molecule has 3 aromatic carbocycles. The summed E-state index contributed by atoms with van der Waals surface area (Å²) in [6, 6.07) is 23.8. The highest BCUT2D eigenvalue weighted by atomic mass is 32.2. The summed E-state index contributed by atoms with van der Waals surface area (Å²) >= 11 is 1.60. The van der Waals surface area contributed by atoms with Crippen molar-refractivity contribution < 1.29 is 9.59 Å². The van der Waals surface area contributed by atoms with E-state index in [2.05, 4.69) is 19.9 Å². The molecule has 0 aromatic heterocycles. The molecule has 1 saturated heterocycles. The lowest BCUT2D eigenvalue weighted by Gasteiger charge is -2.33. The van der Waals surface area contributed by atoms with Gasteiger partial charge in [0.15, 0.2) is 4.87 Å². The van der Waals surface area contributed by atoms with Gasteiger partial charge in [-0.05, 0) is 51.5 Å². The minimum Gasteiger partial charge on any atom is -0.310 e. The second-order valence-electron chi connectivity index (χ2n) is 9.66. The minimum atomic E-state index is -1.07. The summed E-state index contributed by atoms with van der Waals surface area (Å²) in [5.41, 5.74) is 5.66. The normalized spacial score (nSPS) is 21.0. The van der Waals surface area contributed by atoms with E-state index in [0.29, 0.717) is 18.7 Å². The van der Waals surface area contributed by atoms with Crippen LogP contribution in [0.25, 0.3) is 0 Å². The average Bonchev–Trinajstić information content (AvgIpc) is 3.20. The minimum absolute atomic E-state index is 0.0389. The van der Waals surface area contributed by atoms with E-state index in [0.717, 1.165) is 27.9 Å². The maximum Gasteiger partial charge on any atom is 0.268 e. The van der Waals surface area contributed by atoms with Crippen LogP contribution in [0.2, 0.25) is 0 Å². The zero-order chi connectivity index (χ0) is 23.4. The van der Waals surface area contributed by atoms with Crippen LogP contribution in [0, 0.1) is 13.8 Å². The molecule has 2 amide bonds. The van der Waals surface area contributed by atoms with Gasteiger partial charge in [0, 0.05) is 22.4 Å². The number of hydrogen-bond acceptors (Lipinski definition) is 3. The Labute approximate surface area is 199 Å². The number of rotatable bonds is 3. The standard InChI is InChI=1S/C28H28N2O2S/c1-19-10-13-22(14-11-19)25(31)30-18-27(3,4)33-28(30)23-16-20(2)12-15-24(23)29(26(28)32)17-21-8-6-5-7-9-21/h5-16H,17-18H2,1-4H3. The second-order valence-corrected chi connectivity index (χ2v) is 11.6. The number of carbonyl (C=O) groups excluding carboxylic acids is 2. The molecule has 168 valence electrons. The molecule has 1 atom stereocenters. The number of benzene rings is 3. The fourth-order valence-corrected chi connectivity index (χ4v) is 6.61. The van der Waals surface area contributed by atoms with Gasteiger partial charge in [0.25, 0.3) is 11.8 Å². The lowest BCUT2D eigenvalue weighted by molar-refractivity contribution is -0.123. The first-order valence-electron chi connectivity index (χ1n) is 11.3. The van der Waals surface area contributed by atoms with Crippen molar-refractivity contribution >= 4 is 29.3 Å². The van der Waals surface area contributed by atoms with Gasteiger partial charge in [-0.3, -0.25) is 9.59 Å². The number of nitrogens with zero attached hydrogens (tertiary/aromatic N) is 2. The lowest BCUT2D eigenvalue weighted by atomic mass is 10.0. The number of aryl methyl sites for hydroxylation is 2. The number of thioether (sulfide) groups is 1. The van der Waals surface area contributed by atoms with E-state index in [1.165, 1.54) is 0 Å². The van der Waals surface area contributed by atoms with E-state index in [1.54, 1.807) is 11.8 Å². The van der Waals surface area contributed by atoms with Crippen molar-refractivity contribution in [2.24, 2.45) is 0 Å². The lowest BCUT2D eigenvalue weighted by Crippen LogP contribution is -2.50. The first-order chi connectivity index (χ1) is 15.7. The molecule has 2 heterocycles. The second kappa shape index (κ2) is 7.77. The molecular weight excluding hydrogens is 428 g/mol. The van der Waals surface area contributed by atoms with Crippen LogP contribution < -0.4 is 4.90 Å². The maximum atomic E-state index is 14.3. The molecule has 3 aromatic rings. The van der Waals surface area contributed by atoms with Crippen molar-refractivity contribution in [2.45, 2.75) is 43.9 Å². The Morgan fingerprint density at radius 3 is 2.30 bits per heavy atom. The third-order valence-electron chi connectivity index (χ3n) is 6.41. The van der Waals surface area contributed by atoms with Gasteiger partial charge in [-0.1, -0.05) is 65.7 Å². The Balaban J connectivity index is 1.65. The first-order valence-corrected chi connectivity index (χ1v) is 12.1. The van der Waals surface area contributed by atoms with Gasteiger partial charge in [-0.25, -0.2) is 0 Å². The summed E-state index contributed by atoms with van der Waals surface area (Å²) in [6.45, 7) is 9.25. The number of anilines is 1. The topological polar surface area (TPSA) is 40.6 Å². The Hall–Kier alpha value is -3.05. The van der Waals surface area contributed by atoms with Gasteiger partial charge in [0.05, 0.1) is 12.2 Å². The molecule has 1 unspecified atom stereocenters. The van der Waals surface area contributed by atoms with Crippen molar-refractivity contribution in [1.29, 1.82) is 0 Å². The molecule has 1 fully saturated rings. The van der Waals surface area contributed by atoms with E-state index >= 15 is 0 Å². The van der Waals surface area contributed by atoms with Crippen molar-refractivity contribution in [1.82, 2.24) is 4.90 Å². The van der Waals surface area contributed by atoms with Crippen LogP contribution in [0.3, 0.4) is 0 Å². The monoisotopic (exact) mass is 456 g/mol. The molecule has 2 aliphatic rings. The van der Waals surface area contributed by atoms with Crippen LogP contribution in [-0.2, 0) is 16.2 Å². The van der Waals surface area contributed by atoms with Gasteiger partial charge in [0.2, 0.25) is 0 Å². The highest BCUT2D eigenvalue weighted by Gasteiger charge is 2.63. The van der Waals surface area contributed by atoms with Crippen LogP contribution in [0.4, 0.5) is 5.69 Å². The number of fused-ring (bicyclic) bond motifs is 2. The summed E-state index contributed by atoms with van der Waals surface area (Å²) in [5.74, 6) is -0.140. The third kappa shape index (κ3) is 3.55. The van der Waals surface area contributed by atoms with Crippen LogP contribution in [0.1, 0.15) is 46.5 Å².